The van der Waals surface area contributed by atoms with Gasteiger partial charge in [0.05, 0.1) is 5.56 Å². The van der Waals surface area contributed by atoms with Crippen LogP contribution < -0.4 is 0 Å². The molecule has 0 unspecified atom stereocenters. The van der Waals surface area contributed by atoms with Crippen molar-refractivity contribution in [3.05, 3.63) is 42.2 Å². The number of likely N-dealkylation sites (tertiary alicyclic amines) is 1. The van der Waals surface area contributed by atoms with Crippen LogP contribution in [0, 0.1) is 5.92 Å². The number of hydrogen-bond acceptors (Lipinski definition) is 3. The fourth-order valence-corrected chi connectivity index (χ4v) is 3.33. The maximum atomic E-state index is 12.9. The molecule has 5 nitrogen and oxygen atoms in total. The summed E-state index contributed by atoms with van der Waals surface area (Å²) in [6.07, 6.45) is 4.87. The number of carbonyl (C=O) groups excluding carboxylic acids is 2. The third kappa shape index (κ3) is 3.50. The van der Waals surface area contributed by atoms with Crippen LogP contribution in [0.5, 0.6) is 0 Å². The molecule has 25 heavy (non-hydrogen) atoms. The normalized spacial score (nSPS) is 15.6. The minimum absolute atomic E-state index is 0.00686. The summed E-state index contributed by atoms with van der Waals surface area (Å²) < 4.78 is 0. The lowest BCUT2D eigenvalue weighted by atomic mass is 9.94. The van der Waals surface area contributed by atoms with E-state index in [0.29, 0.717) is 18.7 Å². The third-order valence-electron chi connectivity index (χ3n) is 5.15. The molecule has 0 saturated carbocycles. The van der Waals surface area contributed by atoms with Crippen LogP contribution in [-0.2, 0) is 4.79 Å². The maximum absolute atomic E-state index is 12.9. The van der Waals surface area contributed by atoms with E-state index in [9.17, 15) is 9.59 Å². The minimum Gasteiger partial charge on any atom is -0.343 e. The van der Waals surface area contributed by atoms with E-state index in [1.807, 2.05) is 50.1 Å². The number of carbonyl (C=O) groups is 2. The number of amides is 2. The summed E-state index contributed by atoms with van der Waals surface area (Å²) in [6.45, 7) is 5.27. The summed E-state index contributed by atoms with van der Waals surface area (Å²) in [5.74, 6) is 0.212. The van der Waals surface area contributed by atoms with Crippen molar-refractivity contribution in [1.29, 1.82) is 0 Å². The SMILES string of the molecule is CC(C)N(C)C(=O)C1CCN(C(=O)c2cncc3ccccc23)CC1. The molecule has 1 saturated heterocycles. The lowest BCUT2D eigenvalue weighted by Crippen LogP contribution is -2.45. The highest BCUT2D eigenvalue weighted by Gasteiger charge is 2.30. The Kier molecular flexibility index (Phi) is 5.02. The fraction of sp³-hybridized carbons (Fsp3) is 0.450. The first kappa shape index (κ1) is 17.4. The van der Waals surface area contributed by atoms with Crippen molar-refractivity contribution in [2.24, 2.45) is 5.92 Å². The van der Waals surface area contributed by atoms with Gasteiger partial charge < -0.3 is 9.80 Å². The molecule has 1 aliphatic heterocycles. The minimum atomic E-state index is 0.00686. The van der Waals surface area contributed by atoms with Crippen LogP contribution in [0.2, 0.25) is 0 Å². The first-order valence-electron chi connectivity index (χ1n) is 8.87. The molecule has 0 bridgehead atoms. The second kappa shape index (κ2) is 7.21. The van der Waals surface area contributed by atoms with E-state index < -0.39 is 0 Å². The molecular weight excluding hydrogens is 314 g/mol. The summed E-state index contributed by atoms with van der Waals surface area (Å²) in [7, 11) is 1.85. The second-order valence-electron chi connectivity index (χ2n) is 7.02. The van der Waals surface area contributed by atoms with Crippen LogP contribution in [0.1, 0.15) is 37.0 Å². The van der Waals surface area contributed by atoms with Gasteiger partial charge in [-0.1, -0.05) is 24.3 Å². The third-order valence-corrected chi connectivity index (χ3v) is 5.15. The average molecular weight is 339 g/mol. The molecule has 3 rings (SSSR count). The number of nitrogens with zero attached hydrogens (tertiary/aromatic N) is 3. The molecule has 2 amide bonds. The van der Waals surface area contributed by atoms with E-state index in [2.05, 4.69) is 4.98 Å². The molecular formula is C20H25N3O2. The quantitative estimate of drug-likeness (QED) is 0.864. The molecule has 0 N–H and O–H groups in total. The van der Waals surface area contributed by atoms with Gasteiger partial charge in [-0.05, 0) is 32.1 Å². The highest BCUT2D eigenvalue weighted by Crippen LogP contribution is 2.24. The molecule has 0 radical (unpaired) electrons. The van der Waals surface area contributed by atoms with Crippen LogP contribution in [0.15, 0.2) is 36.7 Å². The predicted octanol–water partition coefficient (Wildman–Crippen LogP) is 2.95. The van der Waals surface area contributed by atoms with Crippen LogP contribution in [0.3, 0.4) is 0 Å². The summed E-state index contributed by atoms with van der Waals surface area (Å²) >= 11 is 0. The van der Waals surface area contributed by atoms with Gasteiger partial charge in [-0.25, -0.2) is 0 Å². The average Bonchev–Trinajstić information content (AvgIpc) is 2.65. The molecule has 1 aromatic heterocycles. The van der Waals surface area contributed by atoms with E-state index in [4.69, 9.17) is 0 Å². The molecule has 0 aliphatic carbocycles. The number of aromatic nitrogens is 1. The standard InChI is InChI=1S/C20H25N3O2/c1-14(2)22(3)19(24)15-8-10-23(11-9-15)20(25)18-13-21-12-16-6-4-5-7-17(16)18/h4-7,12-15H,8-11H2,1-3H3. The predicted molar refractivity (Wildman–Crippen MR) is 98.3 cm³/mol. The van der Waals surface area contributed by atoms with Gasteiger partial charge in [0.1, 0.15) is 0 Å². The van der Waals surface area contributed by atoms with Crippen molar-refractivity contribution in [3.8, 4) is 0 Å². The lowest BCUT2D eigenvalue weighted by molar-refractivity contribution is -0.137. The van der Waals surface area contributed by atoms with E-state index in [1.165, 1.54) is 0 Å². The van der Waals surface area contributed by atoms with Crippen molar-refractivity contribution in [2.75, 3.05) is 20.1 Å². The largest absolute Gasteiger partial charge is 0.343 e. The van der Waals surface area contributed by atoms with Crippen LogP contribution in [-0.4, -0.2) is 52.8 Å². The van der Waals surface area contributed by atoms with E-state index in [1.54, 1.807) is 17.3 Å². The van der Waals surface area contributed by atoms with Gasteiger partial charge in [0, 0.05) is 49.9 Å². The molecule has 1 aromatic carbocycles. The fourth-order valence-electron chi connectivity index (χ4n) is 3.33. The molecule has 1 fully saturated rings. The summed E-state index contributed by atoms with van der Waals surface area (Å²) in [4.78, 5) is 33.3. The number of hydrogen-bond donors (Lipinski definition) is 0. The topological polar surface area (TPSA) is 53.5 Å². The zero-order valence-corrected chi connectivity index (χ0v) is 15.1. The zero-order chi connectivity index (χ0) is 18.0. The van der Waals surface area contributed by atoms with Crippen molar-refractivity contribution >= 4 is 22.6 Å². The molecule has 2 aromatic rings. The van der Waals surface area contributed by atoms with Gasteiger partial charge in [0.15, 0.2) is 0 Å². The zero-order valence-electron chi connectivity index (χ0n) is 15.1. The van der Waals surface area contributed by atoms with E-state index >= 15 is 0 Å². The molecule has 0 atom stereocenters. The van der Waals surface area contributed by atoms with E-state index in [0.717, 1.165) is 23.6 Å². The monoisotopic (exact) mass is 339 g/mol. The van der Waals surface area contributed by atoms with Crippen molar-refractivity contribution in [2.45, 2.75) is 32.7 Å². The Morgan fingerprint density at radius 3 is 2.52 bits per heavy atom. The summed E-state index contributed by atoms with van der Waals surface area (Å²) in [5.41, 5.74) is 0.641. The van der Waals surface area contributed by atoms with Gasteiger partial charge in [0.2, 0.25) is 5.91 Å². The second-order valence-corrected chi connectivity index (χ2v) is 7.02. The summed E-state index contributed by atoms with van der Waals surface area (Å²) in [6, 6.07) is 8.00. The Hall–Kier alpha value is -2.43. The van der Waals surface area contributed by atoms with Crippen molar-refractivity contribution in [3.63, 3.8) is 0 Å². The Balaban J connectivity index is 1.70. The first-order chi connectivity index (χ1) is 12.0. The maximum Gasteiger partial charge on any atom is 0.256 e. The number of benzene rings is 1. The number of fused-ring (bicyclic) bond motifs is 1. The molecule has 5 heteroatoms. The van der Waals surface area contributed by atoms with Crippen LogP contribution in [0.25, 0.3) is 10.8 Å². The summed E-state index contributed by atoms with van der Waals surface area (Å²) in [5, 5.41) is 1.90. The van der Waals surface area contributed by atoms with Gasteiger partial charge >= 0.3 is 0 Å². The molecule has 1 aliphatic rings. The highest BCUT2D eigenvalue weighted by molar-refractivity contribution is 6.06. The van der Waals surface area contributed by atoms with Crippen molar-refractivity contribution in [1.82, 2.24) is 14.8 Å². The number of pyridine rings is 1. The Bertz CT molecular complexity index is 774. The molecule has 0 spiro atoms. The molecule has 132 valence electrons. The lowest BCUT2D eigenvalue weighted by Gasteiger charge is -2.34. The number of rotatable bonds is 3. The van der Waals surface area contributed by atoms with Gasteiger partial charge in [0.25, 0.3) is 5.91 Å². The smallest absolute Gasteiger partial charge is 0.256 e. The number of piperidine rings is 1. The Morgan fingerprint density at radius 2 is 1.84 bits per heavy atom. The Morgan fingerprint density at radius 1 is 1.16 bits per heavy atom. The van der Waals surface area contributed by atoms with Gasteiger partial charge in [-0.15, -0.1) is 0 Å². The van der Waals surface area contributed by atoms with Gasteiger partial charge in [-0.2, -0.15) is 0 Å². The Labute approximate surface area is 148 Å². The van der Waals surface area contributed by atoms with Crippen LogP contribution in [0.4, 0.5) is 0 Å². The highest BCUT2D eigenvalue weighted by atomic mass is 16.2. The molecule has 2 heterocycles. The van der Waals surface area contributed by atoms with Crippen LogP contribution >= 0.6 is 0 Å². The van der Waals surface area contributed by atoms with Crippen molar-refractivity contribution < 1.29 is 9.59 Å². The first-order valence-corrected chi connectivity index (χ1v) is 8.87. The van der Waals surface area contributed by atoms with Gasteiger partial charge in [-0.3, -0.25) is 14.6 Å². The van der Waals surface area contributed by atoms with E-state index in [-0.39, 0.29) is 23.8 Å².